The van der Waals surface area contributed by atoms with Gasteiger partial charge >= 0.3 is 0 Å². The molecule has 7 heteroatoms. The number of carbonyl (C=O) groups excluding carboxylic acids is 1. The van der Waals surface area contributed by atoms with Crippen LogP contribution in [0, 0.1) is 5.92 Å². The van der Waals surface area contributed by atoms with Gasteiger partial charge in [-0.15, -0.1) is 16.4 Å². The van der Waals surface area contributed by atoms with Crippen molar-refractivity contribution in [3.05, 3.63) is 33.8 Å². The monoisotopic (exact) mass is 346 g/mol. The minimum absolute atomic E-state index is 0.153. The number of amides is 1. The fourth-order valence-corrected chi connectivity index (χ4v) is 3.97. The lowest BCUT2D eigenvalue weighted by Gasteiger charge is -2.32. The number of thiophene rings is 1. The van der Waals surface area contributed by atoms with Crippen LogP contribution in [0.15, 0.2) is 17.5 Å². The van der Waals surface area contributed by atoms with Crippen molar-refractivity contribution in [3.8, 4) is 0 Å². The van der Waals surface area contributed by atoms with Crippen molar-refractivity contribution < 1.29 is 9.53 Å². The van der Waals surface area contributed by atoms with E-state index in [4.69, 9.17) is 4.74 Å². The molecule has 1 atom stereocenters. The lowest BCUT2D eigenvalue weighted by Crippen LogP contribution is -2.41. The Morgan fingerprint density at radius 2 is 2.29 bits per heavy atom. The number of ether oxygens (including phenoxy) is 1. The minimum Gasteiger partial charge on any atom is -0.380 e. The van der Waals surface area contributed by atoms with Crippen molar-refractivity contribution in [1.82, 2.24) is 19.9 Å². The van der Waals surface area contributed by atoms with E-state index in [1.165, 1.54) is 12.8 Å². The van der Waals surface area contributed by atoms with E-state index in [1.807, 2.05) is 34.1 Å². The van der Waals surface area contributed by atoms with Gasteiger partial charge in [-0.1, -0.05) is 11.3 Å². The van der Waals surface area contributed by atoms with Crippen LogP contribution in [0.3, 0.4) is 0 Å². The molecule has 0 radical (unpaired) electrons. The first-order chi connectivity index (χ1) is 11.7. The van der Waals surface area contributed by atoms with Gasteiger partial charge in [-0.25, -0.2) is 0 Å². The normalized spacial score (nSPS) is 20.2. The molecule has 0 spiro atoms. The van der Waals surface area contributed by atoms with Crippen molar-refractivity contribution >= 4 is 17.2 Å². The maximum Gasteiger partial charge on any atom is 0.228 e. The third-order valence-corrected chi connectivity index (χ3v) is 5.62. The number of rotatable bonds is 6. The second-order valence-electron chi connectivity index (χ2n) is 6.75. The fraction of sp³-hybridized carbons (Fsp3) is 0.588. The summed E-state index contributed by atoms with van der Waals surface area (Å²) >= 11 is 1.63. The van der Waals surface area contributed by atoms with Crippen molar-refractivity contribution in [2.24, 2.45) is 13.0 Å². The zero-order chi connectivity index (χ0) is 16.5. The third kappa shape index (κ3) is 3.37. The second kappa shape index (κ2) is 6.64. The van der Waals surface area contributed by atoms with Gasteiger partial charge in [0, 0.05) is 31.0 Å². The molecule has 6 nitrogen and oxygen atoms in total. The Morgan fingerprint density at radius 3 is 3.04 bits per heavy atom. The van der Waals surface area contributed by atoms with E-state index in [0.29, 0.717) is 26.1 Å². The quantitative estimate of drug-likeness (QED) is 0.802. The molecule has 3 heterocycles. The molecular formula is C17H22N4O2S. The summed E-state index contributed by atoms with van der Waals surface area (Å²) < 4.78 is 7.74. The highest BCUT2D eigenvalue weighted by Crippen LogP contribution is 2.31. The molecule has 1 aliphatic heterocycles. The Kier molecular flexibility index (Phi) is 4.37. The van der Waals surface area contributed by atoms with Gasteiger partial charge in [0.15, 0.2) is 0 Å². The second-order valence-corrected chi connectivity index (χ2v) is 7.79. The molecule has 1 fully saturated rings. The van der Waals surface area contributed by atoms with E-state index < -0.39 is 0 Å². The molecule has 4 rings (SSSR count). The van der Waals surface area contributed by atoms with Crippen molar-refractivity contribution in [2.45, 2.75) is 31.7 Å². The molecule has 1 amide bonds. The maximum absolute atomic E-state index is 12.7. The first-order valence-electron chi connectivity index (χ1n) is 8.47. The van der Waals surface area contributed by atoms with Crippen molar-refractivity contribution in [2.75, 3.05) is 19.8 Å². The molecule has 0 unspecified atom stereocenters. The topological polar surface area (TPSA) is 60.2 Å². The number of nitrogens with zero attached hydrogens (tertiary/aromatic N) is 4. The molecular weight excluding hydrogens is 324 g/mol. The van der Waals surface area contributed by atoms with Crippen LogP contribution in [0.25, 0.3) is 0 Å². The van der Waals surface area contributed by atoms with Gasteiger partial charge in [0.05, 0.1) is 25.3 Å². The molecule has 24 heavy (non-hydrogen) atoms. The highest BCUT2D eigenvalue weighted by molar-refractivity contribution is 7.10. The predicted octanol–water partition coefficient (Wildman–Crippen LogP) is 1.97. The van der Waals surface area contributed by atoms with Gasteiger partial charge in [-0.05, 0) is 30.2 Å². The largest absolute Gasteiger partial charge is 0.380 e. The lowest BCUT2D eigenvalue weighted by molar-refractivity contribution is -0.132. The van der Waals surface area contributed by atoms with Gasteiger partial charge in [-0.3, -0.25) is 9.48 Å². The van der Waals surface area contributed by atoms with Crippen LogP contribution in [0.1, 0.15) is 35.0 Å². The molecule has 0 bridgehead atoms. The third-order valence-electron chi connectivity index (χ3n) is 4.74. The van der Waals surface area contributed by atoms with E-state index >= 15 is 0 Å². The first-order valence-corrected chi connectivity index (χ1v) is 9.35. The molecule has 0 aromatic carbocycles. The summed E-state index contributed by atoms with van der Waals surface area (Å²) in [6, 6.07) is 4.00. The Balaban J connectivity index is 1.45. The summed E-state index contributed by atoms with van der Waals surface area (Å²) in [5.74, 6) is 1.05. The van der Waals surface area contributed by atoms with Crippen LogP contribution in [0.2, 0.25) is 0 Å². The molecule has 0 saturated heterocycles. The van der Waals surface area contributed by atoms with Crippen LogP contribution in [-0.2, 0) is 29.5 Å². The fourth-order valence-electron chi connectivity index (χ4n) is 3.27. The molecule has 2 aromatic heterocycles. The lowest BCUT2D eigenvalue weighted by atomic mass is 9.98. The van der Waals surface area contributed by atoms with Crippen molar-refractivity contribution in [3.63, 3.8) is 0 Å². The zero-order valence-electron chi connectivity index (χ0n) is 13.9. The summed E-state index contributed by atoms with van der Waals surface area (Å²) in [4.78, 5) is 15.7. The van der Waals surface area contributed by atoms with Gasteiger partial charge in [0.25, 0.3) is 0 Å². The summed E-state index contributed by atoms with van der Waals surface area (Å²) in [6.45, 7) is 2.70. The standard InChI is InChI=1S/C17H22N4O2S/c1-20-17-13(11-23-10-12-4-5-12)8-21(9-15(17)18-19-20)16(22)7-14-3-2-6-24-14/h2-3,6,12-13H,4-5,7-11H2,1H3/t13-/m1/s1. The van der Waals surface area contributed by atoms with E-state index in [-0.39, 0.29) is 11.8 Å². The molecule has 2 aliphatic rings. The molecule has 0 N–H and O–H groups in total. The number of hydrogen-bond donors (Lipinski definition) is 0. The zero-order valence-corrected chi connectivity index (χ0v) is 14.7. The van der Waals surface area contributed by atoms with E-state index in [2.05, 4.69) is 10.3 Å². The number of aromatic nitrogens is 3. The highest BCUT2D eigenvalue weighted by atomic mass is 32.1. The highest BCUT2D eigenvalue weighted by Gasteiger charge is 2.33. The van der Waals surface area contributed by atoms with Crippen LogP contribution < -0.4 is 0 Å². The van der Waals surface area contributed by atoms with E-state index in [9.17, 15) is 4.79 Å². The smallest absolute Gasteiger partial charge is 0.228 e. The Hall–Kier alpha value is -1.73. The van der Waals surface area contributed by atoms with Crippen LogP contribution in [0.4, 0.5) is 0 Å². The molecule has 128 valence electrons. The summed E-state index contributed by atoms with van der Waals surface area (Å²) in [5, 5.41) is 10.4. The molecule has 1 saturated carbocycles. The summed E-state index contributed by atoms with van der Waals surface area (Å²) in [6.07, 6.45) is 3.03. The van der Waals surface area contributed by atoms with Gasteiger partial charge in [-0.2, -0.15) is 0 Å². The van der Waals surface area contributed by atoms with Gasteiger partial charge < -0.3 is 9.64 Å². The first kappa shape index (κ1) is 15.8. The maximum atomic E-state index is 12.7. The van der Waals surface area contributed by atoms with Crippen LogP contribution in [0.5, 0.6) is 0 Å². The number of hydrogen-bond acceptors (Lipinski definition) is 5. The predicted molar refractivity (Wildman–Crippen MR) is 90.7 cm³/mol. The SMILES string of the molecule is Cn1nnc2c1[C@@H](COCC1CC1)CN(C(=O)Cc1cccs1)C2. The molecule has 2 aromatic rings. The Labute approximate surface area is 145 Å². The average molecular weight is 346 g/mol. The number of carbonyl (C=O) groups is 1. The van der Waals surface area contributed by atoms with Gasteiger partial charge in [0.2, 0.25) is 5.91 Å². The van der Waals surface area contributed by atoms with Crippen molar-refractivity contribution in [1.29, 1.82) is 0 Å². The molecule has 1 aliphatic carbocycles. The van der Waals surface area contributed by atoms with E-state index in [0.717, 1.165) is 28.8 Å². The average Bonchev–Trinajstić information content (AvgIpc) is 3.10. The van der Waals surface area contributed by atoms with E-state index in [1.54, 1.807) is 11.3 Å². The number of fused-ring (bicyclic) bond motifs is 1. The summed E-state index contributed by atoms with van der Waals surface area (Å²) in [7, 11) is 1.92. The summed E-state index contributed by atoms with van der Waals surface area (Å²) in [5.41, 5.74) is 2.02. The Bertz CT molecular complexity index is 708. The Morgan fingerprint density at radius 1 is 1.42 bits per heavy atom. The minimum atomic E-state index is 0.153. The van der Waals surface area contributed by atoms with Gasteiger partial charge in [0.1, 0.15) is 5.69 Å². The number of aryl methyl sites for hydroxylation is 1. The van der Waals surface area contributed by atoms with Crippen LogP contribution >= 0.6 is 11.3 Å². The van der Waals surface area contributed by atoms with Crippen LogP contribution in [-0.4, -0.2) is 45.6 Å².